The molecule has 1 amide bonds. The highest BCUT2D eigenvalue weighted by Crippen LogP contribution is 2.38. The van der Waals surface area contributed by atoms with Gasteiger partial charge in [0.2, 0.25) is 0 Å². The molecule has 1 aromatic carbocycles. The third-order valence-electron chi connectivity index (χ3n) is 8.18. The first-order valence-electron chi connectivity index (χ1n) is 14.3. The van der Waals surface area contributed by atoms with Crippen LogP contribution in [0.5, 0.6) is 0 Å². The molecule has 0 spiro atoms. The maximum Gasteiger partial charge on any atom is 0.270 e. The number of nitrogens with zero attached hydrogens (tertiary/aromatic N) is 5. The maximum atomic E-state index is 13.6. The van der Waals surface area contributed by atoms with E-state index in [1.54, 1.807) is 17.6 Å². The van der Waals surface area contributed by atoms with E-state index < -0.39 is 15.9 Å². The van der Waals surface area contributed by atoms with Crippen LogP contribution in [0.3, 0.4) is 0 Å². The van der Waals surface area contributed by atoms with Gasteiger partial charge in [0.15, 0.2) is 9.84 Å². The summed E-state index contributed by atoms with van der Waals surface area (Å²) in [5, 5.41) is 9.98. The van der Waals surface area contributed by atoms with Gasteiger partial charge in [0, 0.05) is 44.8 Å². The fourth-order valence-corrected chi connectivity index (χ4v) is 8.95. The predicted molar refractivity (Wildman–Crippen MR) is 171 cm³/mol. The van der Waals surface area contributed by atoms with Crippen LogP contribution in [-0.4, -0.2) is 76.7 Å². The number of unbranched alkanes of at least 4 members (excludes halogenated alkanes) is 1. The highest BCUT2D eigenvalue weighted by Gasteiger charge is 2.42. The highest BCUT2D eigenvalue weighted by atomic mass is 32.2. The van der Waals surface area contributed by atoms with Gasteiger partial charge in [0.25, 0.3) is 11.5 Å². The van der Waals surface area contributed by atoms with E-state index in [0.717, 1.165) is 50.1 Å². The molecule has 12 heteroatoms. The first-order chi connectivity index (χ1) is 20.1. The number of carbonyl (C=O) groups is 1. The number of hydrogen-bond donors (Lipinski definition) is 0. The monoisotopic (exact) mass is 625 g/mol. The number of thiocarbonyl (C=S) groups is 1. The molecule has 2 aromatic rings. The Balaban J connectivity index is 1.52. The molecule has 4 heterocycles. The molecular weight excluding hydrogens is 591 g/mol. The van der Waals surface area contributed by atoms with E-state index in [9.17, 15) is 23.3 Å². The Morgan fingerprint density at radius 3 is 2.48 bits per heavy atom. The van der Waals surface area contributed by atoms with E-state index in [-0.39, 0.29) is 28.5 Å². The van der Waals surface area contributed by atoms with Crippen LogP contribution in [0.4, 0.5) is 5.82 Å². The molecule has 5 rings (SSSR count). The highest BCUT2D eigenvalue weighted by molar-refractivity contribution is 8.26. The molecule has 3 saturated heterocycles. The maximum absolute atomic E-state index is 13.6. The van der Waals surface area contributed by atoms with Crippen LogP contribution < -0.4 is 10.5 Å². The summed E-state index contributed by atoms with van der Waals surface area (Å²) in [5.74, 6) is 0.347. The van der Waals surface area contributed by atoms with E-state index in [2.05, 4.69) is 34.9 Å². The second-order valence-electron chi connectivity index (χ2n) is 11.0. The molecule has 3 fully saturated rings. The number of thioether (sulfide) groups is 1. The van der Waals surface area contributed by atoms with Crippen LogP contribution in [0.2, 0.25) is 0 Å². The molecule has 1 atom stereocenters. The second kappa shape index (κ2) is 12.7. The topological polar surface area (TPSA) is 107 Å². The van der Waals surface area contributed by atoms with Gasteiger partial charge in [0.05, 0.1) is 22.5 Å². The average molecular weight is 626 g/mol. The lowest BCUT2D eigenvalue weighted by Crippen LogP contribution is -2.48. The van der Waals surface area contributed by atoms with E-state index in [1.165, 1.54) is 10.5 Å². The van der Waals surface area contributed by atoms with Crippen LogP contribution in [0.1, 0.15) is 48.4 Å². The normalized spacial score (nSPS) is 21.8. The van der Waals surface area contributed by atoms with Crippen LogP contribution >= 0.6 is 24.0 Å². The van der Waals surface area contributed by atoms with Gasteiger partial charge in [-0.1, -0.05) is 67.7 Å². The second-order valence-corrected chi connectivity index (χ2v) is 14.9. The van der Waals surface area contributed by atoms with E-state index in [0.29, 0.717) is 46.4 Å². The van der Waals surface area contributed by atoms with Gasteiger partial charge in [-0.2, -0.15) is 5.26 Å². The van der Waals surface area contributed by atoms with Gasteiger partial charge >= 0.3 is 0 Å². The van der Waals surface area contributed by atoms with Crippen molar-refractivity contribution in [2.24, 2.45) is 0 Å². The minimum atomic E-state index is -3.20. The Hall–Kier alpha value is -2.98. The number of rotatable bonds is 8. The number of benzene rings is 1. The molecule has 0 aliphatic carbocycles. The zero-order chi connectivity index (χ0) is 30.0. The summed E-state index contributed by atoms with van der Waals surface area (Å²) in [6.45, 7) is 8.09. The summed E-state index contributed by atoms with van der Waals surface area (Å²) in [4.78, 5) is 33.6. The van der Waals surface area contributed by atoms with Gasteiger partial charge < -0.3 is 4.90 Å². The summed E-state index contributed by atoms with van der Waals surface area (Å²) in [6.07, 6.45) is 3.77. The fourth-order valence-electron chi connectivity index (χ4n) is 5.87. The first kappa shape index (κ1) is 30.5. The smallest absolute Gasteiger partial charge is 0.270 e. The van der Waals surface area contributed by atoms with Gasteiger partial charge in [-0.3, -0.25) is 24.0 Å². The van der Waals surface area contributed by atoms with Crippen molar-refractivity contribution in [1.29, 1.82) is 5.26 Å². The summed E-state index contributed by atoms with van der Waals surface area (Å²) >= 11 is 6.69. The zero-order valence-electron chi connectivity index (χ0n) is 23.9. The minimum Gasteiger partial charge on any atom is -0.355 e. The van der Waals surface area contributed by atoms with Crippen LogP contribution in [0, 0.1) is 18.3 Å². The lowest BCUT2D eigenvalue weighted by Gasteiger charge is -2.38. The number of aromatic nitrogens is 1. The minimum absolute atomic E-state index is 0.0429. The Bertz CT molecular complexity index is 1620. The third kappa shape index (κ3) is 6.20. The zero-order valence-corrected chi connectivity index (χ0v) is 26.4. The van der Waals surface area contributed by atoms with Crippen molar-refractivity contribution in [3.05, 3.63) is 67.8 Å². The van der Waals surface area contributed by atoms with Crippen molar-refractivity contribution >= 4 is 55.9 Å². The van der Waals surface area contributed by atoms with Crippen molar-refractivity contribution in [2.75, 3.05) is 42.6 Å². The van der Waals surface area contributed by atoms with Crippen LogP contribution in [0.15, 0.2) is 40.0 Å². The number of piperazine rings is 1. The van der Waals surface area contributed by atoms with Crippen molar-refractivity contribution in [1.82, 2.24) is 14.4 Å². The number of hydrogen-bond acceptors (Lipinski definition) is 9. The Morgan fingerprint density at radius 1 is 1.14 bits per heavy atom. The lowest BCUT2D eigenvalue weighted by atomic mass is 10.0. The number of sulfone groups is 1. The van der Waals surface area contributed by atoms with Crippen molar-refractivity contribution in [3.63, 3.8) is 0 Å². The largest absolute Gasteiger partial charge is 0.355 e. The molecule has 1 unspecified atom stereocenters. The molecule has 0 N–H and O–H groups in total. The van der Waals surface area contributed by atoms with E-state index >= 15 is 0 Å². The first-order valence-corrected chi connectivity index (χ1v) is 17.3. The Kier molecular flexibility index (Phi) is 9.23. The molecule has 222 valence electrons. The van der Waals surface area contributed by atoms with Crippen LogP contribution in [0.25, 0.3) is 6.08 Å². The number of amides is 1. The summed E-state index contributed by atoms with van der Waals surface area (Å²) in [6, 6.07) is 12.0. The number of pyridine rings is 1. The SMILES string of the molecule is CCCCn1c(N2CCN(Cc3ccccc3)CC2)c(/C=C2/SC(=S)N(C3CCS(=O)(=O)C3)C2=O)c(C)c(C#N)c1=O. The molecule has 0 bridgehead atoms. The summed E-state index contributed by atoms with van der Waals surface area (Å²) < 4.78 is 26.3. The van der Waals surface area contributed by atoms with Gasteiger partial charge in [0.1, 0.15) is 21.8 Å². The standard InChI is InChI=1S/C30H35N5O4S3/c1-3-4-11-34-27(33-14-12-32(13-15-33)19-22-8-6-5-7-9-22)24(21(2)25(18-31)28(34)36)17-26-29(37)35(30(40)41-26)23-10-16-42(38,39)20-23/h5-9,17,23H,3-4,10-16,19-20H2,1-2H3/b26-17+. The molecular formula is C30H35N5O4S3. The predicted octanol–water partition coefficient (Wildman–Crippen LogP) is 3.54. The molecule has 42 heavy (non-hydrogen) atoms. The van der Waals surface area contributed by atoms with Gasteiger partial charge in [-0.25, -0.2) is 8.42 Å². The molecule has 0 saturated carbocycles. The van der Waals surface area contributed by atoms with Crippen molar-refractivity contribution < 1.29 is 13.2 Å². The van der Waals surface area contributed by atoms with E-state index in [1.807, 2.05) is 18.2 Å². The van der Waals surface area contributed by atoms with Gasteiger partial charge in [-0.15, -0.1) is 0 Å². The molecule has 1 aromatic heterocycles. The van der Waals surface area contributed by atoms with Crippen molar-refractivity contribution in [2.45, 2.75) is 52.2 Å². The molecule has 9 nitrogen and oxygen atoms in total. The van der Waals surface area contributed by atoms with Crippen molar-refractivity contribution in [3.8, 4) is 6.07 Å². The number of anilines is 1. The summed E-state index contributed by atoms with van der Waals surface area (Å²) in [5.41, 5.74) is 2.20. The fraction of sp³-hybridized carbons (Fsp3) is 0.467. The lowest BCUT2D eigenvalue weighted by molar-refractivity contribution is -0.123. The molecule has 0 radical (unpaired) electrons. The molecule has 3 aliphatic heterocycles. The Morgan fingerprint density at radius 2 is 1.86 bits per heavy atom. The van der Waals surface area contributed by atoms with Crippen LogP contribution in [-0.2, 0) is 27.7 Å². The molecule has 3 aliphatic rings. The number of carbonyl (C=O) groups excluding carboxylic acids is 1. The summed E-state index contributed by atoms with van der Waals surface area (Å²) in [7, 11) is -3.20. The van der Waals surface area contributed by atoms with Gasteiger partial charge in [-0.05, 0) is 37.0 Å². The quantitative estimate of drug-likeness (QED) is 0.322. The average Bonchev–Trinajstić information content (AvgIpc) is 3.46. The van der Waals surface area contributed by atoms with E-state index in [4.69, 9.17) is 12.2 Å². The Labute approximate surface area is 256 Å². The number of nitriles is 1. The third-order valence-corrected chi connectivity index (χ3v) is 11.3.